The molecule has 1 saturated heterocycles. The van der Waals surface area contributed by atoms with Crippen molar-refractivity contribution in [2.45, 2.75) is 134 Å². The number of nitrogens with zero attached hydrogens (tertiary/aromatic N) is 2. The summed E-state index contributed by atoms with van der Waals surface area (Å²) >= 11 is 0. The van der Waals surface area contributed by atoms with Crippen molar-refractivity contribution in [2.24, 2.45) is 17.8 Å². The monoisotopic (exact) mass is 795 g/mol. The van der Waals surface area contributed by atoms with Crippen LogP contribution in [0.4, 0.5) is 4.79 Å². The summed E-state index contributed by atoms with van der Waals surface area (Å²) in [7, 11) is -4.01. The number of ether oxygens (including phenoxy) is 3. The Kier molecular flexibility index (Phi) is 11.7. The third kappa shape index (κ3) is 8.77. The van der Waals surface area contributed by atoms with Gasteiger partial charge in [-0.3, -0.25) is 19.1 Å². The second-order valence-electron chi connectivity index (χ2n) is 17.1. The number of fused-ring (bicyclic) bond motifs is 3. The molecule has 14 nitrogen and oxygen atoms in total. The summed E-state index contributed by atoms with van der Waals surface area (Å²) in [6.07, 6.45) is 5.92. The molecule has 1 aromatic carbocycles. The molecule has 306 valence electrons. The topological polar surface area (TPSA) is 182 Å². The number of carbonyl (C=O) groups is 4. The van der Waals surface area contributed by atoms with Crippen molar-refractivity contribution in [3.8, 4) is 11.8 Å². The van der Waals surface area contributed by atoms with E-state index >= 15 is 0 Å². The van der Waals surface area contributed by atoms with Gasteiger partial charge in [0.25, 0.3) is 5.91 Å². The molecule has 2 aliphatic carbocycles. The van der Waals surface area contributed by atoms with Gasteiger partial charge in [-0.2, -0.15) is 4.98 Å². The van der Waals surface area contributed by atoms with Crippen LogP contribution in [0.25, 0.3) is 10.8 Å². The number of carbonyl (C=O) groups excluding carboxylic acids is 4. The van der Waals surface area contributed by atoms with E-state index in [1.54, 1.807) is 27.7 Å². The highest BCUT2D eigenvalue weighted by Crippen LogP contribution is 2.49. The number of nitrogens with one attached hydrogen (secondary N) is 3. The summed E-state index contributed by atoms with van der Waals surface area (Å²) in [5, 5.41) is 7.29. The molecular formula is C41H57N5O9S. The fraction of sp³-hybridized carbons (Fsp3) is 0.634. The molecule has 2 saturated carbocycles. The number of hydrogen-bond acceptors (Lipinski definition) is 10. The number of amides is 4. The number of pyridine rings is 1. The maximum Gasteiger partial charge on any atom is 0.408 e. The van der Waals surface area contributed by atoms with Crippen molar-refractivity contribution in [3.63, 3.8) is 0 Å². The Hall–Kier alpha value is -4.40. The van der Waals surface area contributed by atoms with Gasteiger partial charge in [0.2, 0.25) is 33.6 Å². The van der Waals surface area contributed by atoms with Crippen LogP contribution in [0.2, 0.25) is 0 Å². The second-order valence-corrected chi connectivity index (χ2v) is 19.2. The zero-order valence-corrected chi connectivity index (χ0v) is 34.4. The summed E-state index contributed by atoms with van der Waals surface area (Å²) in [5.74, 6) is -1.92. The summed E-state index contributed by atoms with van der Waals surface area (Å²) in [6.45, 7) is 13.2. The highest BCUT2D eigenvalue weighted by Gasteiger charge is 2.63. The molecule has 15 heteroatoms. The molecule has 7 atom stereocenters. The van der Waals surface area contributed by atoms with Gasteiger partial charge < -0.3 is 29.7 Å². The van der Waals surface area contributed by atoms with Crippen molar-refractivity contribution < 1.29 is 41.8 Å². The first-order valence-electron chi connectivity index (χ1n) is 20.0. The SMILES string of the molecule is CCOc1cc2ccccc2c(O[C@@H]2C[C@H]3C(=O)N[C@]4(C(=O)NS(=O)(=O)C5(CC)CC5)C[C@H]4/C=C\CC[C@H](C)C[C@@H](C)C(NC(=O)OC(C)(C)C)C(=O)N3C2)n1. The van der Waals surface area contributed by atoms with E-state index in [0.29, 0.717) is 50.0 Å². The Labute approximate surface area is 329 Å². The van der Waals surface area contributed by atoms with Gasteiger partial charge in [-0.15, -0.1) is 0 Å². The normalized spacial score (nSPS) is 29.7. The van der Waals surface area contributed by atoms with Crippen LogP contribution in [0.1, 0.15) is 99.8 Å². The fourth-order valence-electron chi connectivity index (χ4n) is 8.14. The first-order chi connectivity index (χ1) is 26.4. The number of sulfonamides is 1. The average Bonchev–Trinajstić information content (AvgIpc) is 4.03. The lowest BCUT2D eigenvalue weighted by Gasteiger charge is -2.33. The Morgan fingerprint density at radius 2 is 1.82 bits per heavy atom. The summed E-state index contributed by atoms with van der Waals surface area (Å²) in [5.41, 5.74) is -2.36. The number of benzene rings is 1. The van der Waals surface area contributed by atoms with Gasteiger partial charge in [-0.25, -0.2) is 13.2 Å². The molecule has 2 aromatic rings. The predicted molar refractivity (Wildman–Crippen MR) is 210 cm³/mol. The van der Waals surface area contributed by atoms with Gasteiger partial charge in [-0.05, 0) is 95.9 Å². The molecule has 3 heterocycles. The Morgan fingerprint density at radius 3 is 2.50 bits per heavy atom. The molecular weight excluding hydrogens is 739 g/mol. The van der Waals surface area contributed by atoms with Crippen LogP contribution >= 0.6 is 0 Å². The van der Waals surface area contributed by atoms with Crippen LogP contribution in [-0.4, -0.2) is 89.3 Å². The number of alkyl carbamates (subject to hydrolysis) is 1. The Morgan fingerprint density at radius 1 is 1.09 bits per heavy atom. The smallest absolute Gasteiger partial charge is 0.408 e. The highest BCUT2D eigenvalue weighted by atomic mass is 32.2. The maximum atomic E-state index is 14.8. The predicted octanol–water partition coefficient (Wildman–Crippen LogP) is 5.15. The molecule has 4 amide bonds. The third-order valence-electron chi connectivity index (χ3n) is 11.6. The van der Waals surface area contributed by atoms with E-state index in [4.69, 9.17) is 14.2 Å². The van der Waals surface area contributed by atoms with Crippen molar-refractivity contribution in [3.05, 3.63) is 42.5 Å². The largest absolute Gasteiger partial charge is 0.478 e. The van der Waals surface area contributed by atoms with Crippen molar-refractivity contribution in [1.82, 2.24) is 25.2 Å². The van der Waals surface area contributed by atoms with Crippen LogP contribution < -0.4 is 24.8 Å². The molecule has 1 unspecified atom stereocenters. The number of rotatable bonds is 9. The summed E-state index contributed by atoms with van der Waals surface area (Å²) < 4.78 is 46.0. The average molecular weight is 796 g/mol. The third-order valence-corrected chi connectivity index (χ3v) is 13.9. The van der Waals surface area contributed by atoms with Crippen molar-refractivity contribution >= 4 is 44.6 Å². The minimum atomic E-state index is -4.01. The molecule has 4 aliphatic rings. The lowest BCUT2D eigenvalue weighted by molar-refractivity contribution is -0.142. The van der Waals surface area contributed by atoms with E-state index in [2.05, 4.69) is 27.3 Å². The minimum Gasteiger partial charge on any atom is -0.478 e. The fourth-order valence-corrected chi connectivity index (χ4v) is 9.80. The van der Waals surface area contributed by atoms with Crippen LogP contribution in [0.3, 0.4) is 0 Å². The summed E-state index contributed by atoms with van der Waals surface area (Å²) in [6, 6.07) is 7.15. The molecule has 2 aliphatic heterocycles. The molecule has 0 radical (unpaired) electrons. The zero-order valence-electron chi connectivity index (χ0n) is 33.6. The van der Waals surface area contributed by atoms with Crippen LogP contribution in [0.15, 0.2) is 42.5 Å². The van der Waals surface area contributed by atoms with Gasteiger partial charge in [0, 0.05) is 23.8 Å². The lowest BCUT2D eigenvalue weighted by atomic mass is 9.88. The Balaban J connectivity index is 1.36. The molecule has 0 bridgehead atoms. The quantitative estimate of drug-likeness (QED) is 0.287. The summed E-state index contributed by atoms with van der Waals surface area (Å²) in [4.78, 5) is 62.7. The van der Waals surface area contributed by atoms with Crippen LogP contribution in [0.5, 0.6) is 11.8 Å². The van der Waals surface area contributed by atoms with Crippen molar-refractivity contribution in [2.75, 3.05) is 13.2 Å². The van der Waals surface area contributed by atoms with Crippen molar-refractivity contribution in [1.29, 1.82) is 0 Å². The van der Waals surface area contributed by atoms with Gasteiger partial charge in [0.05, 0.1) is 17.9 Å². The van der Waals surface area contributed by atoms with E-state index in [1.165, 1.54) is 4.90 Å². The number of allylic oxidation sites excluding steroid dienone is 1. The highest BCUT2D eigenvalue weighted by molar-refractivity contribution is 7.91. The lowest BCUT2D eigenvalue weighted by Crippen LogP contribution is -2.59. The maximum absolute atomic E-state index is 14.8. The van der Waals surface area contributed by atoms with Gasteiger partial charge >= 0.3 is 6.09 Å². The van der Waals surface area contributed by atoms with E-state index in [-0.39, 0.29) is 37.1 Å². The number of aromatic nitrogens is 1. The van der Waals surface area contributed by atoms with Gasteiger partial charge in [-0.1, -0.05) is 51.1 Å². The van der Waals surface area contributed by atoms with E-state index in [9.17, 15) is 27.6 Å². The zero-order chi connectivity index (χ0) is 40.6. The van der Waals surface area contributed by atoms with E-state index in [1.807, 2.05) is 56.3 Å². The van der Waals surface area contributed by atoms with Crippen LogP contribution in [-0.2, 0) is 29.1 Å². The van der Waals surface area contributed by atoms with Gasteiger partial charge in [0.15, 0.2) is 0 Å². The first kappa shape index (κ1) is 41.2. The molecule has 0 spiro atoms. The number of hydrogen-bond donors (Lipinski definition) is 3. The molecule has 3 fully saturated rings. The van der Waals surface area contributed by atoms with Crippen LogP contribution in [0, 0.1) is 17.8 Å². The molecule has 56 heavy (non-hydrogen) atoms. The van der Waals surface area contributed by atoms with E-state index in [0.717, 1.165) is 11.8 Å². The molecule has 3 N–H and O–H groups in total. The van der Waals surface area contributed by atoms with E-state index < -0.39 is 73.8 Å². The molecule has 6 rings (SSSR count). The Bertz CT molecular complexity index is 1980. The standard InChI is InChI=1S/C41H57N5O9S/c1-8-40(18-19-40)56(51,52)45-37(49)41-23-28(41)16-12-10-14-25(3)20-26(4)33(43-38(50)55-39(5,6)7)36(48)46-24-29(22-31(46)34(47)44-41)54-35-30-17-13-11-15-27(30)21-32(42-35)53-9-2/h11-13,15-17,21,25-26,28-29,31,33H,8-10,14,18-20,22-24H2,1-7H3,(H,43,50)(H,44,47)(H,45,49)/b16-12-/t25-,26+,28+,29+,31-,33?,41+/m0/s1. The van der Waals surface area contributed by atoms with Gasteiger partial charge in [0.1, 0.15) is 29.3 Å². The molecule has 1 aromatic heterocycles. The minimum absolute atomic E-state index is 0.0313. The second kappa shape index (κ2) is 15.9. The first-order valence-corrected chi connectivity index (χ1v) is 21.4.